The molecule has 0 bridgehead atoms. The number of anilines is 1. The molecule has 2 amide bonds. The lowest BCUT2D eigenvalue weighted by atomic mass is 9.78. The summed E-state index contributed by atoms with van der Waals surface area (Å²) in [5, 5.41) is 6.27. The molecule has 0 saturated carbocycles. The predicted molar refractivity (Wildman–Crippen MR) is 112 cm³/mol. The number of piperidine rings is 1. The van der Waals surface area contributed by atoms with Crippen molar-refractivity contribution in [1.82, 2.24) is 15.1 Å². The Labute approximate surface area is 173 Å². The second kappa shape index (κ2) is 7.40. The van der Waals surface area contributed by atoms with Gasteiger partial charge in [0.25, 0.3) is 0 Å². The van der Waals surface area contributed by atoms with E-state index in [0.717, 1.165) is 50.1 Å². The third-order valence-electron chi connectivity index (χ3n) is 7.73. The molecule has 3 saturated heterocycles. The van der Waals surface area contributed by atoms with E-state index >= 15 is 0 Å². The standard InChI is InChI=1S/C23H32N4O2/c1-16-7-4-5-12-26(16)14-11-24-21(28)19-15-17-8-6-13-27(17)23(19)18-9-2-3-10-20(18)25-22(23)29/h2-3,9-10,16-17,19H,4-8,11-15H2,1H3,(H,24,28)(H,25,29). The second-order valence-corrected chi connectivity index (χ2v) is 9.22. The minimum atomic E-state index is -0.833. The third-order valence-corrected chi connectivity index (χ3v) is 7.73. The smallest absolute Gasteiger partial charge is 0.250 e. The first kappa shape index (κ1) is 19.1. The highest BCUT2D eigenvalue weighted by Crippen LogP contribution is 2.55. The molecule has 29 heavy (non-hydrogen) atoms. The maximum absolute atomic E-state index is 13.4. The van der Waals surface area contributed by atoms with E-state index in [9.17, 15) is 9.59 Å². The van der Waals surface area contributed by atoms with Gasteiger partial charge in [-0.1, -0.05) is 24.6 Å². The maximum Gasteiger partial charge on any atom is 0.250 e. The summed E-state index contributed by atoms with van der Waals surface area (Å²) in [7, 11) is 0. The fourth-order valence-electron chi connectivity index (χ4n) is 6.32. The molecular weight excluding hydrogens is 364 g/mol. The highest BCUT2D eigenvalue weighted by Gasteiger charge is 2.65. The lowest BCUT2D eigenvalue weighted by molar-refractivity contribution is -0.137. The van der Waals surface area contributed by atoms with Crippen LogP contribution in [0.2, 0.25) is 0 Å². The lowest BCUT2D eigenvalue weighted by Gasteiger charge is -2.37. The first-order valence-electron chi connectivity index (χ1n) is 11.3. The first-order valence-corrected chi connectivity index (χ1v) is 11.3. The summed E-state index contributed by atoms with van der Waals surface area (Å²) in [4.78, 5) is 31.5. The fourth-order valence-corrected chi connectivity index (χ4v) is 6.32. The monoisotopic (exact) mass is 396 g/mol. The molecule has 4 aliphatic rings. The highest BCUT2D eigenvalue weighted by atomic mass is 16.2. The van der Waals surface area contributed by atoms with Gasteiger partial charge >= 0.3 is 0 Å². The molecule has 1 aromatic carbocycles. The molecule has 0 radical (unpaired) electrons. The number of carbonyl (C=O) groups excluding carboxylic acids is 2. The number of hydrogen-bond acceptors (Lipinski definition) is 4. The van der Waals surface area contributed by atoms with Gasteiger partial charge in [0.2, 0.25) is 11.8 Å². The molecule has 4 unspecified atom stereocenters. The molecule has 2 N–H and O–H groups in total. The molecule has 156 valence electrons. The van der Waals surface area contributed by atoms with Crippen LogP contribution in [0.4, 0.5) is 5.69 Å². The lowest BCUT2D eigenvalue weighted by Crippen LogP contribution is -2.54. The zero-order valence-corrected chi connectivity index (χ0v) is 17.3. The Morgan fingerprint density at radius 3 is 2.93 bits per heavy atom. The number of nitrogens with one attached hydrogen (secondary N) is 2. The van der Waals surface area contributed by atoms with Crippen LogP contribution >= 0.6 is 0 Å². The van der Waals surface area contributed by atoms with Gasteiger partial charge in [-0.25, -0.2) is 0 Å². The van der Waals surface area contributed by atoms with E-state index in [0.29, 0.717) is 18.6 Å². The molecule has 6 heteroatoms. The van der Waals surface area contributed by atoms with E-state index in [1.165, 1.54) is 19.3 Å². The Kier molecular flexibility index (Phi) is 4.87. The largest absolute Gasteiger partial charge is 0.354 e. The summed E-state index contributed by atoms with van der Waals surface area (Å²) < 4.78 is 0. The summed E-state index contributed by atoms with van der Waals surface area (Å²) in [6.45, 7) is 5.84. The molecule has 4 atom stereocenters. The number of amides is 2. The van der Waals surface area contributed by atoms with Crippen LogP contribution in [0, 0.1) is 5.92 Å². The summed E-state index contributed by atoms with van der Waals surface area (Å²) in [6, 6.07) is 8.84. The number of carbonyl (C=O) groups is 2. The Morgan fingerprint density at radius 2 is 2.07 bits per heavy atom. The van der Waals surface area contributed by atoms with Crippen LogP contribution in [0.5, 0.6) is 0 Å². The molecule has 4 heterocycles. The molecule has 4 aliphatic heterocycles. The number of rotatable bonds is 4. The Morgan fingerprint density at radius 1 is 1.21 bits per heavy atom. The van der Waals surface area contributed by atoms with E-state index < -0.39 is 5.54 Å². The topological polar surface area (TPSA) is 64.7 Å². The molecule has 1 aromatic rings. The van der Waals surface area contributed by atoms with Gasteiger partial charge in [-0.15, -0.1) is 0 Å². The average molecular weight is 397 g/mol. The van der Waals surface area contributed by atoms with Crippen molar-refractivity contribution < 1.29 is 9.59 Å². The van der Waals surface area contributed by atoms with Crippen LogP contribution in [0.25, 0.3) is 0 Å². The van der Waals surface area contributed by atoms with Crippen LogP contribution in [0.3, 0.4) is 0 Å². The van der Waals surface area contributed by atoms with Crippen molar-refractivity contribution in [3.8, 4) is 0 Å². The van der Waals surface area contributed by atoms with Crippen LogP contribution in [-0.4, -0.2) is 59.9 Å². The number of fused-ring (bicyclic) bond motifs is 4. The van der Waals surface area contributed by atoms with Crippen molar-refractivity contribution >= 4 is 17.5 Å². The molecular formula is C23H32N4O2. The number of benzene rings is 1. The molecule has 1 spiro atoms. The van der Waals surface area contributed by atoms with Gasteiger partial charge in [-0.3, -0.25) is 19.4 Å². The van der Waals surface area contributed by atoms with Crippen LogP contribution < -0.4 is 10.6 Å². The van der Waals surface area contributed by atoms with Gasteiger partial charge in [-0.2, -0.15) is 0 Å². The highest BCUT2D eigenvalue weighted by molar-refractivity contribution is 6.09. The fraction of sp³-hybridized carbons (Fsp3) is 0.652. The van der Waals surface area contributed by atoms with Crippen molar-refractivity contribution in [2.45, 2.75) is 63.1 Å². The van der Waals surface area contributed by atoms with Gasteiger partial charge in [0.1, 0.15) is 5.54 Å². The summed E-state index contributed by atoms with van der Waals surface area (Å²) in [6.07, 6.45) is 6.74. The minimum absolute atomic E-state index is 0.0205. The predicted octanol–water partition coefficient (Wildman–Crippen LogP) is 2.31. The van der Waals surface area contributed by atoms with E-state index in [1.54, 1.807) is 0 Å². The normalized spacial score (nSPS) is 34.2. The number of likely N-dealkylation sites (tertiary alicyclic amines) is 1. The van der Waals surface area contributed by atoms with E-state index in [2.05, 4.69) is 27.4 Å². The van der Waals surface area contributed by atoms with Crippen molar-refractivity contribution in [3.63, 3.8) is 0 Å². The minimum Gasteiger partial charge on any atom is -0.354 e. The number of nitrogens with zero attached hydrogens (tertiary/aromatic N) is 2. The van der Waals surface area contributed by atoms with E-state index in [-0.39, 0.29) is 17.7 Å². The van der Waals surface area contributed by atoms with Gasteiger partial charge < -0.3 is 10.6 Å². The van der Waals surface area contributed by atoms with Crippen LogP contribution in [0.15, 0.2) is 24.3 Å². The molecule has 5 rings (SSSR count). The zero-order valence-electron chi connectivity index (χ0n) is 17.3. The third kappa shape index (κ3) is 2.91. The van der Waals surface area contributed by atoms with Crippen molar-refractivity contribution in [2.75, 3.05) is 31.5 Å². The molecule has 3 fully saturated rings. The molecule has 6 nitrogen and oxygen atoms in total. The quantitative estimate of drug-likeness (QED) is 0.820. The number of hydrogen-bond donors (Lipinski definition) is 2. The zero-order chi connectivity index (χ0) is 20.0. The SMILES string of the molecule is CC1CCCCN1CCNC(=O)C1CC2CCCN2C12C(=O)Nc1ccccc12. The molecule has 0 aromatic heterocycles. The second-order valence-electron chi connectivity index (χ2n) is 9.22. The van der Waals surface area contributed by atoms with Gasteiger partial charge in [0.05, 0.1) is 5.92 Å². The van der Waals surface area contributed by atoms with E-state index in [1.807, 2.05) is 24.3 Å². The Hall–Kier alpha value is -1.92. The van der Waals surface area contributed by atoms with Crippen molar-refractivity contribution in [1.29, 1.82) is 0 Å². The average Bonchev–Trinajstić information content (AvgIpc) is 3.38. The summed E-state index contributed by atoms with van der Waals surface area (Å²) in [5.41, 5.74) is 1.02. The Balaban J connectivity index is 1.36. The van der Waals surface area contributed by atoms with Crippen LogP contribution in [-0.2, 0) is 15.1 Å². The van der Waals surface area contributed by atoms with Crippen LogP contribution in [0.1, 0.15) is 51.0 Å². The summed E-state index contributed by atoms with van der Waals surface area (Å²) >= 11 is 0. The maximum atomic E-state index is 13.4. The van der Waals surface area contributed by atoms with Crippen molar-refractivity contribution in [3.05, 3.63) is 29.8 Å². The first-order chi connectivity index (χ1) is 14.1. The van der Waals surface area contributed by atoms with Gasteiger partial charge in [0, 0.05) is 36.4 Å². The van der Waals surface area contributed by atoms with Gasteiger partial charge in [-0.05, 0) is 58.2 Å². The summed E-state index contributed by atoms with van der Waals surface area (Å²) in [5.74, 6) is -0.306. The van der Waals surface area contributed by atoms with Crippen molar-refractivity contribution in [2.24, 2.45) is 5.92 Å². The van der Waals surface area contributed by atoms with Gasteiger partial charge in [0.15, 0.2) is 0 Å². The molecule has 0 aliphatic carbocycles. The van der Waals surface area contributed by atoms with E-state index in [4.69, 9.17) is 0 Å². The Bertz CT molecular complexity index is 812. The number of para-hydroxylation sites is 1.